The van der Waals surface area contributed by atoms with Gasteiger partial charge in [0.1, 0.15) is 0 Å². The molecule has 3 N–H and O–H groups in total. The Hall–Kier alpha value is -2.60. The lowest BCUT2D eigenvalue weighted by Gasteiger charge is -2.45. The van der Waals surface area contributed by atoms with Crippen LogP contribution in [0.3, 0.4) is 0 Å². The number of halogens is 3. The highest BCUT2D eigenvalue weighted by atomic mass is 35.7. The normalized spacial score (nSPS) is 13.3. The summed E-state index contributed by atoms with van der Waals surface area (Å²) in [7, 11) is -1.69. The van der Waals surface area contributed by atoms with Crippen molar-refractivity contribution in [2.75, 3.05) is 13.2 Å². The fourth-order valence-electron chi connectivity index (χ4n) is 9.72. The molecule has 16 heteroatoms. The third-order valence-electron chi connectivity index (χ3n) is 12.2. The van der Waals surface area contributed by atoms with Gasteiger partial charge in [-0.1, -0.05) is 119 Å². The van der Waals surface area contributed by atoms with E-state index < -0.39 is 34.0 Å². The first-order valence-electron chi connectivity index (χ1n) is 22.6. The van der Waals surface area contributed by atoms with Crippen molar-refractivity contribution >= 4 is 99.2 Å². The first kappa shape index (κ1) is 58.5. The quantitative estimate of drug-likeness (QED) is 0.0602. The Kier molecular flexibility index (Phi) is 23.1. The van der Waals surface area contributed by atoms with Gasteiger partial charge in [-0.2, -0.15) is 19.5 Å². The van der Waals surface area contributed by atoms with Crippen LogP contribution < -0.4 is 0 Å². The molecule has 0 spiro atoms. The number of hydrogen-bond acceptors (Lipinski definition) is 5. The topological polar surface area (TPSA) is 134 Å². The number of aromatic amines is 2. The van der Waals surface area contributed by atoms with Gasteiger partial charge in [0.15, 0.2) is 15.6 Å². The third-order valence-corrected chi connectivity index (χ3v) is 29.7. The molecule has 0 saturated carbocycles. The van der Waals surface area contributed by atoms with Gasteiger partial charge >= 0.3 is 9.33 Å². The summed E-state index contributed by atoms with van der Waals surface area (Å²) in [6.45, 7) is 36.4. The van der Waals surface area contributed by atoms with Gasteiger partial charge in [-0.15, -0.1) is 0 Å². The molecule has 0 bridgehead atoms. The number of nitrogens with one attached hydrogen (secondary N) is 2. The Bertz CT molecular complexity index is 2510. The summed E-state index contributed by atoms with van der Waals surface area (Å²) in [5, 5.41) is 3.54. The molecule has 3 aromatic heterocycles. The lowest BCUT2D eigenvalue weighted by Crippen LogP contribution is -2.52. The summed E-state index contributed by atoms with van der Waals surface area (Å²) < 4.78 is 54.9. The lowest BCUT2D eigenvalue weighted by molar-refractivity contribution is 0.198. The zero-order chi connectivity index (χ0) is 49.7. The fourth-order valence-corrected chi connectivity index (χ4v) is 21.3. The second-order valence-corrected chi connectivity index (χ2v) is 36.1. The summed E-state index contributed by atoms with van der Waals surface area (Å²) >= 11 is 6.68. The molecule has 3 aromatic carbocycles. The molecule has 0 amide bonds. The maximum Gasteiger partial charge on any atom is 0.353 e. The minimum absolute atomic E-state index is 0.130. The van der Waals surface area contributed by atoms with Crippen molar-refractivity contribution in [1.29, 1.82) is 0 Å². The van der Waals surface area contributed by atoms with E-state index in [2.05, 4.69) is 176 Å². The Labute approximate surface area is 406 Å². The van der Waals surface area contributed by atoms with Crippen LogP contribution in [0.5, 0.6) is 0 Å². The molecule has 1 aliphatic heterocycles. The smallest absolute Gasteiger partial charge is 0.353 e. The van der Waals surface area contributed by atoms with E-state index in [4.69, 9.17) is 39.5 Å². The molecule has 1 aliphatic rings. The fraction of sp³-hybridized carbons (Fsp3) is 0.510. The monoisotopic (exact) mass is 1030 g/mol. The average molecular weight is 1030 g/mol. The van der Waals surface area contributed by atoms with Crippen LogP contribution in [0.15, 0.2) is 89.8 Å². The van der Waals surface area contributed by atoms with Crippen LogP contribution >= 0.6 is 32.4 Å². The van der Waals surface area contributed by atoms with Gasteiger partial charge in [-0.25, -0.2) is 8.42 Å². The molecule has 0 unspecified atom stereocenters. The van der Waals surface area contributed by atoms with Crippen molar-refractivity contribution in [1.82, 2.24) is 14.2 Å². The highest BCUT2D eigenvalue weighted by Gasteiger charge is 2.46. The number of aromatic nitrogens is 3. The number of ether oxygens (including phenoxy) is 1. The predicted octanol–water partition coefficient (Wildman–Crippen LogP) is 16.1. The Balaban J connectivity index is 0.000000285. The summed E-state index contributed by atoms with van der Waals surface area (Å²) in [6, 6.07) is 28.3. The van der Waals surface area contributed by atoms with Crippen molar-refractivity contribution in [3.05, 3.63) is 102 Å². The number of aryl methyl sites for hydroxylation is 3. The number of hydrogen-bond donors (Lipinski definition) is 3. The molecule has 0 atom stereocenters. The molecule has 9 nitrogen and oxygen atoms in total. The van der Waals surface area contributed by atoms with Crippen molar-refractivity contribution in [2.24, 2.45) is 0 Å². The van der Waals surface area contributed by atoms with E-state index in [-0.39, 0.29) is 4.90 Å². The van der Waals surface area contributed by atoms with E-state index in [1.807, 2.05) is 19.1 Å². The summed E-state index contributed by atoms with van der Waals surface area (Å²) in [4.78, 5) is 6.49. The molecule has 1 fully saturated rings. The maximum absolute atomic E-state index is 11.0. The molecule has 364 valence electrons. The number of benzene rings is 3. The van der Waals surface area contributed by atoms with Crippen molar-refractivity contribution in [2.45, 2.75) is 155 Å². The summed E-state index contributed by atoms with van der Waals surface area (Å²) in [6.07, 6.45) is 2.56. The number of fused-ring (bicyclic) bond motifs is 3. The Morgan fingerprint density at radius 2 is 1.00 bits per heavy atom. The maximum atomic E-state index is 11.0. The van der Waals surface area contributed by atoms with Crippen LogP contribution in [-0.2, 0) is 23.1 Å². The molecule has 0 radical (unpaired) electrons. The van der Waals surface area contributed by atoms with Crippen molar-refractivity contribution in [3.63, 3.8) is 0 Å². The standard InChI is InChI=1S/C18H29NSi.C9H8ClNO2S.C9H21ClSi.C9H9N.C4H8O.ClHO3S/c1-13(2)20(14(3)4,15(5)6)19-16(7)12-17-10-8-9-11-18(17)19;1-6-4-7-5-8(14(10,12)13)2-3-9(7)11-6;1-7(2)11(10,8(3)4)9(5)6;1-7-6-8-4-2-3-5-9(8)10-7;1-2-4-5-3-1;1-5(2,3)4/h8-15H,1-7H3;2-5,11H,1H3;7-9H,1-6H3;2-6,10H,1H3;1-4H2;(H,2,3,4). The van der Waals surface area contributed by atoms with Crippen LogP contribution in [0.1, 0.15) is 113 Å². The van der Waals surface area contributed by atoms with Gasteiger partial charge in [-0.05, 0) is 126 Å². The van der Waals surface area contributed by atoms with Gasteiger partial charge in [0.2, 0.25) is 0 Å². The first-order valence-corrected chi connectivity index (χ1v) is 32.6. The van der Waals surface area contributed by atoms with Gasteiger partial charge in [0.25, 0.3) is 9.05 Å². The minimum atomic E-state index is -4.19. The van der Waals surface area contributed by atoms with E-state index in [0.29, 0.717) is 16.6 Å². The molecular formula is C49H76Cl3N3O6S2Si2. The van der Waals surface area contributed by atoms with E-state index >= 15 is 0 Å². The van der Waals surface area contributed by atoms with Crippen LogP contribution in [0.4, 0.5) is 0 Å². The number of nitrogens with zero attached hydrogens (tertiary/aromatic N) is 1. The zero-order valence-electron chi connectivity index (χ0n) is 41.3. The Morgan fingerprint density at radius 3 is 1.38 bits per heavy atom. The predicted molar refractivity (Wildman–Crippen MR) is 287 cm³/mol. The number of para-hydroxylation sites is 2. The summed E-state index contributed by atoms with van der Waals surface area (Å²) in [5.41, 5.74) is 11.5. The lowest BCUT2D eigenvalue weighted by atomic mass is 10.2. The van der Waals surface area contributed by atoms with Crippen LogP contribution in [0, 0.1) is 20.8 Å². The van der Waals surface area contributed by atoms with Crippen LogP contribution in [-0.4, -0.2) is 64.4 Å². The molecule has 65 heavy (non-hydrogen) atoms. The van der Waals surface area contributed by atoms with Crippen LogP contribution in [0.25, 0.3) is 32.7 Å². The second-order valence-electron chi connectivity index (χ2n) is 18.7. The number of H-pyrrole nitrogens is 2. The van der Waals surface area contributed by atoms with Gasteiger partial charge in [-0.3, -0.25) is 4.55 Å². The van der Waals surface area contributed by atoms with Gasteiger partial charge in [0, 0.05) is 73.6 Å². The molecule has 0 aliphatic carbocycles. The van der Waals surface area contributed by atoms with E-state index in [9.17, 15) is 8.42 Å². The Morgan fingerprint density at radius 1 is 0.585 bits per heavy atom. The molecular weight excluding hydrogens is 953 g/mol. The zero-order valence-corrected chi connectivity index (χ0v) is 47.2. The first-order chi connectivity index (χ1) is 30.0. The van der Waals surface area contributed by atoms with Crippen LogP contribution in [0.2, 0.25) is 33.2 Å². The SMILES string of the molecule is C1CCOC1.CC(C)[Si](Cl)(C(C)C)C(C)C.Cc1cc2cc(S(=O)(=O)Cl)ccc2[nH]1.Cc1cc2ccccc2[nH]1.Cc1cc2ccccc2n1[Si](C(C)C)(C(C)C)C(C)C.O=S(=O)(O)Cl. The second kappa shape index (κ2) is 25.7. The van der Waals surface area contributed by atoms with E-state index in [1.54, 1.807) is 12.1 Å². The van der Waals surface area contributed by atoms with Crippen molar-refractivity contribution < 1.29 is 26.1 Å². The highest BCUT2D eigenvalue weighted by Crippen LogP contribution is 2.46. The number of rotatable bonds is 8. The van der Waals surface area contributed by atoms with Gasteiger partial charge < -0.3 is 18.9 Å². The van der Waals surface area contributed by atoms with Gasteiger partial charge in [0.05, 0.1) is 4.90 Å². The molecule has 7 rings (SSSR count). The highest BCUT2D eigenvalue weighted by molar-refractivity contribution is 8.13. The summed E-state index contributed by atoms with van der Waals surface area (Å²) in [5.74, 6) is 0. The van der Waals surface area contributed by atoms with E-state index in [0.717, 1.165) is 46.4 Å². The molecule has 4 heterocycles. The largest absolute Gasteiger partial charge is 0.381 e. The van der Waals surface area contributed by atoms with Crippen molar-refractivity contribution in [3.8, 4) is 0 Å². The average Bonchev–Trinajstić information content (AvgIpc) is 4.01. The minimum Gasteiger partial charge on any atom is -0.381 e. The molecule has 6 aromatic rings. The van der Waals surface area contributed by atoms with E-state index in [1.165, 1.54) is 52.1 Å². The molecule has 1 saturated heterocycles. The third kappa shape index (κ3) is 16.8.